The summed E-state index contributed by atoms with van der Waals surface area (Å²) in [6.07, 6.45) is 1.79. The van der Waals surface area contributed by atoms with Gasteiger partial charge in [0.05, 0.1) is 11.4 Å². The van der Waals surface area contributed by atoms with E-state index >= 15 is 0 Å². The average molecular weight is 240 g/mol. The highest BCUT2D eigenvalue weighted by atomic mass is 32.2. The lowest BCUT2D eigenvalue weighted by molar-refractivity contribution is 0.101. The summed E-state index contributed by atoms with van der Waals surface area (Å²) in [4.78, 5) is 16.9. The summed E-state index contributed by atoms with van der Waals surface area (Å²) < 4.78 is 0. The Kier molecular flexibility index (Phi) is 6.26. The molecule has 0 aliphatic heterocycles. The van der Waals surface area contributed by atoms with Crippen LogP contribution in [0.1, 0.15) is 24.3 Å². The van der Waals surface area contributed by atoms with Crippen LogP contribution in [-0.4, -0.2) is 46.8 Å². The van der Waals surface area contributed by atoms with E-state index < -0.39 is 0 Å². The van der Waals surface area contributed by atoms with Crippen LogP contribution in [0.15, 0.2) is 18.3 Å². The van der Waals surface area contributed by atoms with Gasteiger partial charge in [-0.05, 0) is 25.2 Å². The molecule has 0 spiro atoms. The number of Topliss-reactive ketones (excluding diaryl/α,β-unsaturated/α-hetero) is 1. The molecule has 1 heterocycles. The number of nitrogens with zero attached hydrogens (tertiary/aromatic N) is 1. The number of rotatable bonds is 8. The second-order valence-corrected chi connectivity index (χ2v) is 4.69. The molecule has 3 nitrogen and oxygen atoms in total. The van der Waals surface area contributed by atoms with Crippen LogP contribution >= 0.6 is 11.8 Å². The Hall–Kier alpha value is -0.740. The van der Waals surface area contributed by atoms with Crippen LogP contribution in [0.25, 0.3) is 0 Å². The van der Waals surface area contributed by atoms with Gasteiger partial charge in [-0.15, -0.1) is 0 Å². The Morgan fingerprint density at radius 3 is 2.75 bits per heavy atom. The van der Waals surface area contributed by atoms with E-state index in [0.29, 0.717) is 5.75 Å². The Morgan fingerprint density at radius 2 is 2.19 bits per heavy atom. The van der Waals surface area contributed by atoms with Gasteiger partial charge >= 0.3 is 0 Å². The molecule has 0 aliphatic rings. The van der Waals surface area contributed by atoms with E-state index in [1.165, 1.54) is 0 Å². The summed E-state index contributed by atoms with van der Waals surface area (Å²) in [5.74, 6) is 1.78. The minimum absolute atomic E-state index is 0.189. The minimum Gasteiger partial charge on any atom is -0.359 e. The molecule has 0 radical (unpaired) electrons. The van der Waals surface area contributed by atoms with Gasteiger partial charge < -0.3 is 9.88 Å². The van der Waals surface area contributed by atoms with Crippen LogP contribution in [0.2, 0.25) is 0 Å². The smallest absolute Gasteiger partial charge is 0.188 e. The first-order chi connectivity index (χ1) is 7.77. The van der Waals surface area contributed by atoms with Crippen LogP contribution < -0.4 is 0 Å². The molecule has 0 unspecified atom stereocenters. The van der Waals surface area contributed by atoms with Gasteiger partial charge in [-0.25, -0.2) is 0 Å². The molecule has 0 aromatic carbocycles. The average Bonchev–Trinajstić information content (AvgIpc) is 2.82. The van der Waals surface area contributed by atoms with Gasteiger partial charge in [0.1, 0.15) is 0 Å². The fraction of sp³-hybridized carbons (Fsp3) is 0.583. The van der Waals surface area contributed by atoms with Crippen molar-refractivity contribution in [2.75, 3.05) is 31.1 Å². The molecule has 0 fully saturated rings. The van der Waals surface area contributed by atoms with Crippen molar-refractivity contribution < 1.29 is 4.79 Å². The Morgan fingerprint density at radius 1 is 1.44 bits per heavy atom. The summed E-state index contributed by atoms with van der Waals surface area (Å²) in [7, 11) is 0. The van der Waals surface area contributed by atoms with Crippen molar-refractivity contribution in [3.63, 3.8) is 0 Å². The Balaban J connectivity index is 2.14. The number of thioether (sulfide) groups is 1. The fourth-order valence-electron chi connectivity index (χ4n) is 1.48. The van der Waals surface area contributed by atoms with Crippen molar-refractivity contribution in [1.82, 2.24) is 9.88 Å². The summed E-state index contributed by atoms with van der Waals surface area (Å²) in [6, 6.07) is 3.68. The third-order valence-corrected chi connectivity index (χ3v) is 3.52. The zero-order valence-corrected chi connectivity index (χ0v) is 10.8. The van der Waals surface area contributed by atoms with Gasteiger partial charge in [0, 0.05) is 18.5 Å². The Labute approximate surface area is 102 Å². The molecule has 0 amide bonds. The lowest BCUT2D eigenvalue weighted by Crippen LogP contribution is -2.25. The third kappa shape index (κ3) is 4.41. The standard InChI is InChI=1S/C12H20N2OS/c1-3-14(4-2)8-9-16-10-12(15)11-6-5-7-13-11/h5-7,13H,3-4,8-10H2,1-2H3. The van der Waals surface area contributed by atoms with E-state index in [-0.39, 0.29) is 5.78 Å². The van der Waals surface area contributed by atoms with Gasteiger partial charge in [0.15, 0.2) is 5.78 Å². The molecule has 0 bridgehead atoms. The van der Waals surface area contributed by atoms with E-state index in [9.17, 15) is 4.79 Å². The molecule has 0 aliphatic carbocycles. The maximum absolute atomic E-state index is 11.6. The van der Waals surface area contributed by atoms with Gasteiger partial charge in [0.2, 0.25) is 0 Å². The SMILES string of the molecule is CCN(CC)CCSCC(=O)c1ccc[nH]1. The van der Waals surface area contributed by atoms with E-state index in [1.807, 2.05) is 12.1 Å². The Bertz CT molecular complexity index is 294. The van der Waals surface area contributed by atoms with Crippen molar-refractivity contribution in [2.24, 2.45) is 0 Å². The summed E-state index contributed by atoms with van der Waals surface area (Å²) >= 11 is 1.71. The number of ketones is 1. The summed E-state index contributed by atoms with van der Waals surface area (Å²) in [6.45, 7) is 7.56. The van der Waals surface area contributed by atoms with Gasteiger partial charge in [-0.3, -0.25) is 4.79 Å². The second kappa shape index (κ2) is 7.52. The molecule has 1 rings (SSSR count). The molecule has 1 aromatic rings. The second-order valence-electron chi connectivity index (χ2n) is 3.59. The molecule has 16 heavy (non-hydrogen) atoms. The lowest BCUT2D eigenvalue weighted by Gasteiger charge is -2.16. The summed E-state index contributed by atoms with van der Waals surface area (Å²) in [5, 5.41) is 0. The first kappa shape index (κ1) is 13.3. The predicted octanol–water partition coefficient (Wildman–Crippen LogP) is 2.27. The number of nitrogens with one attached hydrogen (secondary N) is 1. The van der Waals surface area contributed by atoms with Gasteiger partial charge in [-0.1, -0.05) is 13.8 Å². The largest absolute Gasteiger partial charge is 0.359 e. The number of aromatic nitrogens is 1. The van der Waals surface area contributed by atoms with E-state index in [0.717, 1.165) is 31.1 Å². The van der Waals surface area contributed by atoms with Crippen LogP contribution in [0.5, 0.6) is 0 Å². The first-order valence-electron chi connectivity index (χ1n) is 5.74. The van der Waals surface area contributed by atoms with Crippen LogP contribution in [0, 0.1) is 0 Å². The molecule has 0 atom stereocenters. The molecular formula is C12H20N2OS. The van der Waals surface area contributed by atoms with Crippen molar-refractivity contribution in [3.05, 3.63) is 24.0 Å². The fourth-order valence-corrected chi connectivity index (χ4v) is 2.35. The van der Waals surface area contributed by atoms with Crippen molar-refractivity contribution in [3.8, 4) is 0 Å². The molecule has 0 saturated heterocycles. The zero-order chi connectivity index (χ0) is 11.8. The van der Waals surface area contributed by atoms with E-state index in [4.69, 9.17) is 0 Å². The maximum atomic E-state index is 11.6. The molecule has 1 N–H and O–H groups in total. The third-order valence-electron chi connectivity index (χ3n) is 2.58. The van der Waals surface area contributed by atoms with Gasteiger partial charge in [-0.2, -0.15) is 11.8 Å². The van der Waals surface area contributed by atoms with Crippen molar-refractivity contribution in [2.45, 2.75) is 13.8 Å². The minimum atomic E-state index is 0.189. The first-order valence-corrected chi connectivity index (χ1v) is 6.90. The lowest BCUT2D eigenvalue weighted by atomic mass is 10.3. The highest BCUT2D eigenvalue weighted by Crippen LogP contribution is 2.06. The molecular weight excluding hydrogens is 220 g/mol. The van der Waals surface area contributed by atoms with E-state index in [1.54, 1.807) is 18.0 Å². The highest BCUT2D eigenvalue weighted by molar-refractivity contribution is 8.00. The van der Waals surface area contributed by atoms with Crippen LogP contribution in [0.4, 0.5) is 0 Å². The number of carbonyl (C=O) groups is 1. The molecule has 4 heteroatoms. The number of aromatic amines is 1. The quantitative estimate of drug-likeness (QED) is 0.559. The number of hydrogen-bond acceptors (Lipinski definition) is 3. The predicted molar refractivity (Wildman–Crippen MR) is 70.2 cm³/mol. The van der Waals surface area contributed by atoms with E-state index in [2.05, 4.69) is 23.7 Å². The monoisotopic (exact) mass is 240 g/mol. The van der Waals surface area contributed by atoms with Crippen LogP contribution in [-0.2, 0) is 0 Å². The topological polar surface area (TPSA) is 36.1 Å². The number of H-pyrrole nitrogens is 1. The summed E-state index contributed by atoms with van der Waals surface area (Å²) in [5.41, 5.74) is 0.718. The molecule has 1 aromatic heterocycles. The van der Waals surface area contributed by atoms with Gasteiger partial charge in [0.25, 0.3) is 0 Å². The van der Waals surface area contributed by atoms with Crippen molar-refractivity contribution in [1.29, 1.82) is 0 Å². The highest BCUT2D eigenvalue weighted by Gasteiger charge is 2.06. The molecule has 90 valence electrons. The molecule has 0 saturated carbocycles. The zero-order valence-electron chi connectivity index (χ0n) is 10.0. The maximum Gasteiger partial charge on any atom is 0.188 e. The van der Waals surface area contributed by atoms with Crippen LogP contribution in [0.3, 0.4) is 0 Å². The van der Waals surface area contributed by atoms with Crippen molar-refractivity contribution >= 4 is 17.5 Å². The number of carbonyl (C=O) groups excluding carboxylic acids is 1. The number of hydrogen-bond donors (Lipinski definition) is 1. The normalized spacial score (nSPS) is 10.9.